The maximum absolute atomic E-state index is 12.6. The number of piperazine rings is 1. The average Bonchev–Trinajstić information content (AvgIpc) is 3.11. The quantitative estimate of drug-likeness (QED) is 0.590. The number of fused-ring (bicyclic) bond motifs is 2. The highest BCUT2D eigenvalue weighted by molar-refractivity contribution is 5.80. The molecule has 4 aromatic rings. The molecule has 1 N–H and O–H groups in total. The first-order valence-corrected chi connectivity index (χ1v) is 9.05. The lowest BCUT2D eigenvalue weighted by atomic mass is 10.2. The zero-order chi connectivity index (χ0) is 18.4. The number of hydrogen-bond donors (Lipinski definition) is 1. The molecule has 1 unspecified atom stereocenters. The Morgan fingerprint density at radius 2 is 2.15 bits per heavy atom. The molecule has 0 saturated carbocycles. The minimum atomic E-state index is -0.427. The Bertz CT molecular complexity index is 1160. The van der Waals surface area contributed by atoms with Crippen molar-refractivity contribution in [2.75, 3.05) is 24.5 Å². The van der Waals surface area contributed by atoms with Crippen molar-refractivity contribution in [1.29, 1.82) is 0 Å². The number of aromatic nitrogens is 3. The van der Waals surface area contributed by atoms with E-state index < -0.39 is 5.63 Å². The van der Waals surface area contributed by atoms with Crippen molar-refractivity contribution in [3.63, 3.8) is 0 Å². The molecule has 27 heavy (non-hydrogen) atoms. The van der Waals surface area contributed by atoms with Gasteiger partial charge in [-0.15, -0.1) is 0 Å². The van der Waals surface area contributed by atoms with Crippen LogP contribution in [0.4, 0.5) is 5.82 Å². The number of nitrogens with zero attached hydrogens (tertiary/aromatic N) is 4. The second-order valence-electron chi connectivity index (χ2n) is 6.90. The maximum Gasteiger partial charge on any atom is 0.347 e. The van der Waals surface area contributed by atoms with Gasteiger partial charge >= 0.3 is 5.63 Å². The summed E-state index contributed by atoms with van der Waals surface area (Å²) in [4.78, 5) is 23.9. The molecule has 5 rings (SSSR count). The molecular formula is C20H19N5O2. The summed E-state index contributed by atoms with van der Waals surface area (Å²) in [6, 6.07) is 11.9. The summed E-state index contributed by atoms with van der Waals surface area (Å²) in [6.07, 6.45) is 3.73. The third-order valence-corrected chi connectivity index (χ3v) is 4.92. The summed E-state index contributed by atoms with van der Waals surface area (Å²) in [7, 11) is 0. The van der Waals surface area contributed by atoms with E-state index in [1.807, 2.05) is 47.1 Å². The fourth-order valence-corrected chi connectivity index (χ4v) is 3.55. The lowest BCUT2D eigenvalue weighted by Gasteiger charge is -2.32. The number of hydrogen-bond acceptors (Lipinski definition) is 6. The molecular weight excluding hydrogens is 342 g/mol. The van der Waals surface area contributed by atoms with Crippen LogP contribution < -0.4 is 15.8 Å². The summed E-state index contributed by atoms with van der Waals surface area (Å²) in [5.74, 6) is 0.833. The standard InChI is InChI=1S/C20H19N5O2/c1-13-11-25(9-7-21-13)18-6-5-14-10-15(20(26)27-19(14)23-18)16-12-24-8-3-2-4-17(24)22-16/h2-6,8,10,12-13,21H,7,9,11H2,1H3. The molecule has 0 aliphatic carbocycles. The molecule has 1 fully saturated rings. The highest BCUT2D eigenvalue weighted by Gasteiger charge is 2.18. The summed E-state index contributed by atoms with van der Waals surface area (Å²) in [6.45, 7) is 4.82. The van der Waals surface area contributed by atoms with Crippen LogP contribution in [0.2, 0.25) is 0 Å². The van der Waals surface area contributed by atoms with E-state index in [-0.39, 0.29) is 0 Å². The first-order chi connectivity index (χ1) is 13.2. The molecule has 0 radical (unpaired) electrons. The van der Waals surface area contributed by atoms with Crippen LogP contribution in [-0.2, 0) is 0 Å². The van der Waals surface area contributed by atoms with E-state index in [0.717, 1.165) is 36.5 Å². The molecule has 1 aliphatic heterocycles. The summed E-state index contributed by atoms with van der Waals surface area (Å²) in [5.41, 5.74) is 1.75. The zero-order valence-electron chi connectivity index (χ0n) is 14.9. The topological polar surface area (TPSA) is 75.7 Å². The molecule has 5 heterocycles. The molecule has 4 aromatic heterocycles. The Labute approximate surface area is 155 Å². The lowest BCUT2D eigenvalue weighted by molar-refractivity contribution is 0.481. The molecule has 0 bridgehead atoms. The molecule has 0 spiro atoms. The van der Waals surface area contributed by atoms with Gasteiger partial charge in [-0.3, -0.25) is 0 Å². The maximum atomic E-state index is 12.6. The smallest absolute Gasteiger partial charge is 0.347 e. The molecule has 1 aliphatic rings. The van der Waals surface area contributed by atoms with Gasteiger partial charge < -0.3 is 19.0 Å². The molecule has 0 aromatic carbocycles. The van der Waals surface area contributed by atoms with Crippen LogP contribution >= 0.6 is 0 Å². The second-order valence-corrected chi connectivity index (χ2v) is 6.90. The monoisotopic (exact) mass is 361 g/mol. The van der Waals surface area contributed by atoms with Gasteiger partial charge in [-0.1, -0.05) is 6.07 Å². The highest BCUT2D eigenvalue weighted by atomic mass is 16.4. The summed E-state index contributed by atoms with van der Waals surface area (Å²) >= 11 is 0. The number of nitrogens with one attached hydrogen (secondary N) is 1. The number of pyridine rings is 2. The second kappa shape index (κ2) is 6.21. The van der Waals surface area contributed by atoms with Gasteiger partial charge in [0, 0.05) is 43.5 Å². The number of anilines is 1. The van der Waals surface area contributed by atoms with Gasteiger partial charge in [-0.25, -0.2) is 9.78 Å². The van der Waals surface area contributed by atoms with Crippen molar-refractivity contribution < 1.29 is 4.42 Å². The average molecular weight is 361 g/mol. The van der Waals surface area contributed by atoms with Crippen LogP contribution in [0.3, 0.4) is 0 Å². The van der Waals surface area contributed by atoms with Gasteiger partial charge in [-0.2, -0.15) is 4.98 Å². The van der Waals surface area contributed by atoms with Crippen molar-refractivity contribution in [3.05, 3.63) is 59.2 Å². The predicted molar refractivity (Wildman–Crippen MR) is 104 cm³/mol. The molecule has 1 atom stereocenters. The minimum Gasteiger partial charge on any atom is -0.403 e. The normalized spacial score (nSPS) is 17.7. The zero-order valence-corrected chi connectivity index (χ0v) is 14.9. The Morgan fingerprint density at radius 3 is 3.00 bits per heavy atom. The van der Waals surface area contributed by atoms with Crippen LogP contribution in [0.25, 0.3) is 28.0 Å². The van der Waals surface area contributed by atoms with Crippen LogP contribution in [-0.4, -0.2) is 40.0 Å². The minimum absolute atomic E-state index is 0.358. The predicted octanol–water partition coefficient (Wildman–Crippen LogP) is 2.30. The molecule has 1 saturated heterocycles. The Morgan fingerprint density at radius 1 is 1.22 bits per heavy atom. The van der Waals surface area contributed by atoms with E-state index in [9.17, 15) is 4.79 Å². The van der Waals surface area contributed by atoms with Crippen molar-refractivity contribution in [1.82, 2.24) is 19.7 Å². The van der Waals surface area contributed by atoms with Crippen molar-refractivity contribution in [2.24, 2.45) is 0 Å². The van der Waals surface area contributed by atoms with Crippen LogP contribution in [0.1, 0.15) is 6.92 Å². The first-order valence-electron chi connectivity index (χ1n) is 9.05. The Kier molecular flexibility index (Phi) is 3.68. The van der Waals surface area contributed by atoms with Gasteiger partial charge in [0.1, 0.15) is 11.5 Å². The summed E-state index contributed by atoms with van der Waals surface area (Å²) in [5, 5.41) is 4.20. The fourth-order valence-electron chi connectivity index (χ4n) is 3.55. The van der Waals surface area contributed by atoms with Gasteiger partial charge in [0.25, 0.3) is 0 Å². The Balaban J connectivity index is 1.57. The van der Waals surface area contributed by atoms with E-state index in [4.69, 9.17) is 4.42 Å². The van der Waals surface area contributed by atoms with Gasteiger partial charge in [0.15, 0.2) is 0 Å². The van der Waals surface area contributed by atoms with E-state index >= 15 is 0 Å². The lowest BCUT2D eigenvalue weighted by Crippen LogP contribution is -2.49. The Hall–Kier alpha value is -3.19. The number of rotatable bonds is 2. The number of imidazole rings is 1. The van der Waals surface area contributed by atoms with Crippen molar-refractivity contribution in [3.8, 4) is 11.3 Å². The van der Waals surface area contributed by atoms with Gasteiger partial charge in [0.05, 0.1) is 11.3 Å². The molecule has 0 amide bonds. The van der Waals surface area contributed by atoms with E-state index in [1.54, 1.807) is 6.07 Å². The third-order valence-electron chi connectivity index (χ3n) is 4.92. The third kappa shape index (κ3) is 2.86. The molecule has 136 valence electrons. The van der Waals surface area contributed by atoms with Crippen LogP contribution in [0, 0.1) is 0 Å². The van der Waals surface area contributed by atoms with Crippen LogP contribution in [0.15, 0.2) is 58.0 Å². The van der Waals surface area contributed by atoms with Crippen molar-refractivity contribution >= 4 is 22.6 Å². The van der Waals surface area contributed by atoms with Gasteiger partial charge in [0.2, 0.25) is 5.71 Å². The van der Waals surface area contributed by atoms with E-state index in [1.165, 1.54) is 0 Å². The SMILES string of the molecule is CC1CN(c2ccc3cc(-c4cn5ccccc5n4)c(=O)oc3n2)CCN1. The molecule has 7 nitrogen and oxygen atoms in total. The highest BCUT2D eigenvalue weighted by Crippen LogP contribution is 2.23. The van der Waals surface area contributed by atoms with Crippen molar-refractivity contribution in [2.45, 2.75) is 13.0 Å². The van der Waals surface area contributed by atoms with E-state index in [0.29, 0.717) is 23.0 Å². The first kappa shape index (κ1) is 16.0. The molecule has 7 heteroatoms. The van der Waals surface area contributed by atoms with Gasteiger partial charge in [-0.05, 0) is 37.3 Å². The fraction of sp³-hybridized carbons (Fsp3) is 0.250. The van der Waals surface area contributed by atoms with Crippen LogP contribution in [0.5, 0.6) is 0 Å². The van der Waals surface area contributed by atoms with E-state index in [2.05, 4.69) is 27.1 Å². The summed E-state index contributed by atoms with van der Waals surface area (Å²) < 4.78 is 7.42. The largest absolute Gasteiger partial charge is 0.403 e.